The summed E-state index contributed by atoms with van der Waals surface area (Å²) in [7, 11) is 0. The smallest absolute Gasteiger partial charge is 0.310 e. The lowest BCUT2D eigenvalue weighted by Gasteiger charge is -2.22. The Balaban J connectivity index is 0.000000161. The second kappa shape index (κ2) is 8.08. The lowest BCUT2D eigenvalue weighted by molar-refractivity contribution is -0.144. The average Bonchev–Trinajstić information content (AvgIpc) is 2.67. The summed E-state index contributed by atoms with van der Waals surface area (Å²) in [5.41, 5.74) is 1.51. The van der Waals surface area contributed by atoms with E-state index in [-0.39, 0.29) is 24.7 Å². The lowest BCUT2D eigenvalue weighted by Crippen LogP contribution is -2.27. The van der Waals surface area contributed by atoms with Gasteiger partial charge in [0.05, 0.1) is 11.8 Å². The summed E-state index contributed by atoms with van der Waals surface area (Å²) >= 11 is 0. The summed E-state index contributed by atoms with van der Waals surface area (Å²) in [5, 5.41) is 36.0. The van der Waals surface area contributed by atoms with Crippen LogP contribution in [0.5, 0.6) is 23.0 Å². The van der Waals surface area contributed by atoms with E-state index < -0.39 is 23.8 Å². The third-order valence-electron chi connectivity index (χ3n) is 4.60. The maximum atomic E-state index is 10.7. The molecule has 148 valence electrons. The van der Waals surface area contributed by atoms with Crippen molar-refractivity contribution in [3.8, 4) is 23.0 Å². The molecule has 0 spiro atoms. The SMILES string of the molecule is O=C(O)[C@@H]1COc2ccc(O)cc2C1.O=C(O)[C@H]1COc2ccc(O)cc2C1. The van der Waals surface area contributed by atoms with E-state index >= 15 is 0 Å². The monoisotopic (exact) mass is 388 g/mol. The van der Waals surface area contributed by atoms with Crippen LogP contribution >= 0.6 is 0 Å². The molecule has 28 heavy (non-hydrogen) atoms. The Labute approximate surface area is 160 Å². The van der Waals surface area contributed by atoms with Gasteiger partial charge in [0.15, 0.2) is 0 Å². The zero-order valence-corrected chi connectivity index (χ0v) is 14.9. The van der Waals surface area contributed by atoms with Gasteiger partial charge in [-0.05, 0) is 60.4 Å². The second-order valence-corrected chi connectivity index (χ2v) is 6.68. The molecule has 0 amide bonds. The molecular weight excluding hydrogens is 368 g/mol. The highest BCUT2D eigenvalue weighted by Gasteiger charge is 2.26. The van der Waals surface area contributed by atoms with E-state index in [9.17, 15) is 19.8 Å². The molecule has 2 aromatic carbocycles. The van der Waals surface area contributed by atoms with Gasteiger partial charge in [-0.25, -0.2) is 0 Å². The van der Waals surface area contributed by atoms with Crippen LogP contribution in [0.1, 0.15) is 11.1 Å². The van der Waals surface area contributed by atoms with Crippen LogP contribution in [-0.2, 0) is 22.4 Å². The van der Waals surface area contributed by atoms with Crippen LogP contribution in [0.4, 0.5) is 0 Å². The predicted octanol–water partition coefficient (Wildman–Crippen LogP) is 2.06. The molecule has 0 fully saturated rings. The van der Waals surface area contributed by atoms with Crippen molar-refractivity contribution in [2.45, 2.75) is 12.8 Å². The van der Waals surface area contributed by atoms with Gasteiger partial charge in [-0.15, -0.1) is 0 Å². The maximum Gasteiger partial charge on any atom is 0.310 e. The molecule has 0 unspecified atom stereocenters. The zero-order valence-electron chi connectivity index (χ0n) is 14.9. The topological polar surface area (TPSA) is 134 Å². The van der Waals surface area contributed by atoms with E-state index in [1.54, 1.807) is 24.3 Å². The molecule has 0 aliphatic carbocycles. The number of benzene rings is 2. The van der Waals surface area contributed by atoms with E-state index in [2.05, 4.69) is 0 Å². The van der Waals surface area contributed by atoms with Crippen molar-refractivity contribution in [2.75, 3.05) is 13.2 Å². The predicted molar refractivity (Wildman–Crippen MR) is 96.9 cm³/mol. The largest absolute Gasteiger partial charge is 0.508 e. The lowest BCUT2D eigenvalue weighted by atomic mass is 9.97. The molecule has 2 aliphatic rings. The van der Waals surface area contributed by atoms with Crippen LogP contribution in [0.15, 0.2) is 36.4 Å². The average molecular weight is 388 g/mol. The molecule has 2 heterocycles. The van der Waals surface area contributed by atoms with Crippen LogP contribution in [0.2, 0.25) is 0 Å². The van der Waals surface area contributed by atoms with Crippen LogP contribution in [0, 0.1) is 11.8 Å². The summed E-state index contributed by atoms with van der Waals surface area (Å²) in [6, 6.07) is 9.46. The molecule has 8 nitrogen and oxygen atoms in total. The van der Waals surface area contributed by atoms with Crippen LogP contribution in [0.25, 0.3) is 0 Å². The fourth-order valence-corrected chi connectivity index (χ4v) is 3.08. The Morgan fingerprint density at radius 3 is 1.50 bits per heavy atom. The Morgan fingerprint density at radius 1 is 0.750 bits per heavy atom. The van der Waals surface area contributed by atoms with Crippen molar-refractivity contribution in [2.24, 2.45) is 11.8 Å². The number of ether oxygens (including phenoxy) is 2. The third kappa shape index (κ3) is 4.46. The van der Waals surface area contributed by atoms with E-state index in [1.165, 1.54) is 12.1 Å². The third-order valence-corrected chi connectivity index (χ3v) is 4.60. The standard InChI is InChI=1S/2C10H10O4/c2*11-8-1-2-9-6(4-8)3-7(5-14-9)10(12)13/h2*1-2,4,7,11H,3,5H2,(H,12,13)/t2*7-/m10/s1. The van der Waals surface area contributed by atoms with Gasteiger partial charge in [-0.3, -0.25) is 9.59 Å². The Bertz CT molecular complexity index is 818. The number of phenols is 2. The molecule has 4 rings (SSSR count). The summed E-state index contributed by atoms with van der Waals surface area (Å²) in [6.45, 7) is 0.403. The first-order chi connectivity index (χ1) is 13.3. The van der Waals surface area contributed by atoms with Crippen molar-refractivity contribution in [3.63, 3.8) is 0 Å². The quantitative estimate of drug-likeness (QED) is 0.614. The van der Waals surface area contributed by atoms with Gasteiger partial charge in [0, 0.05) is 0 Å². The highest BCUT2D eigenvalue weighted by molar-refractivity contribution is 5.72. The number of aliphatic carboxylic acids is 2. The molecular formula is C20H20O8. The van der Waals surface area contributed by atoms with Crippen molar-refractivity contribution >= 4 is 11.9 Å². The van der Waals surface area contributed by atoms with Crippen molar-refractivity contribution in [1.82, 2.24) is 0 Å². The van der Waals surface area contributed by atoms with Crippen molar-refractivity contribution < 1.29 is 39.5 Å². The summed E-state index contributed by atoms with van der Waals surface area (Å²) in [4.78, 5) is 21.4. The number of carboxylic acids is 2. The molecule has 2 atom stereocenters. The number of fused-ring (bicyclic) bond motifs is 2. The number of carboxylic acid groups (broad SMARTS) is 2. The molecule has 8 heteroatoms. The number of hydrogen-bond donors (Lipinski definition) is 4. The minimum atomic E-state index is -0.862. The van der Waals surface area contributed by atoms with Gasteiger partial charge < -0.3 is 29.9 Å². The van der Waals surface area contributed by atoms with E-state index in [4.69, 9.17) is 19.7 Å². The Kier molecular flexibility index (Phi) is 5.58. The highest BCUT2D eigenvalue weighted by Crippen LogP contribution is 2.31. The number of phenolic OH excluding ortho intramolecular Hbond substituents is 2. The molecule has 2 aliphatic heterocycles. The fraction of sp³-hybridized carbons (Fsp3) is 0.300. The van der Waals surface area contributed by atoms with Crippen molar-refractivity contribution in [1.29, 1.82) is 0 Å². The molecule has 0 saturated heterocycles. The maximum absolute atomic E-state index is 10.7. The highest BCUT2D eigenvalue weighted by atomic mass is 16.5. The summed E-state index contributed by atoms with van der Waals surface area (Å²) in [6.07, 6.45) is 0.831. The minimum absolute atomic E-state index is 0.137. The normalized spacial score (nSPS) is 19.6. The Hall–Kier alpha value is -3.42. The van der Waals surface area contributed by atoms with E-state index in [0.29, 0.717) is 24.3 Å². The van der Waals surface area contributed by atoms with E-state index in [0.717, 1.165) is 11.1 Å². The van der Waals surface area contributed by atoms with Crippen molar-refractivity contribution in [3.05, 3.63) is 47.5 Å². The van der Waals surface area contributed by atoms with Crippen LogP contribution < -0.4 is 9.47 Å². The van der Waals surface area contributed by atoms with Gasteiger partial charge in [-0.2, -0.15) is 0 Å². The van der Waals surface area contributed by atoms with Gasteiger partial charge in [0.25, 0.3) is 0 Å². The summed E-state index contributed by atoms with van der Waals surface area (Å²) < 4.78 is 10.5. The molecule has 0 aromatic heterocycles. The van der Waals surface area contributed by atoms with Crippen LogP contribution in [-0.4, -0.2) is 45.6 Å². The fourth-order valence-electron chi connectivity index (χ4n) is 3.08. The number of aromatic hydroxyl groups is 2. The first-order valence-corrected chi connectivity index (χ1v) is 8.68. The molecule has 4 N–H and O–H groups in total. The number of rotatable bonds is 2. The van der Waals surface area contributed by atoms with Gasteiger partial charge in [-0.1, -0.05) is 0 Å². The van der Waals surface area contributed by atoms with E-state index in [1.807, 2.05) is 0 Å². The number of carbonyl (C=O) groups is 2. The van der Waals surface area contributed by atoms with Gasteiger partial charge in [0.2, 0.25) is 0 Å². The minimum Gasteiger partial charge on any atom is -0.508 e. The first-order valence-electron chi connectivity index (χ1n) is 8.68. The van der Waals surface area contributed by atoms with Gasteiger partial charge in [0.1, 0.15) is 36.2 Å². The molecule has 0 bridgehead atoms. The molecule has 0 radical (unpaired) electrons. The zero-order chi connectivity index (χ0) is 20.3. The second-order valence-electron chi connectivity index (χ2n) is 6.68. The molecule has 2 aromatic rings. The van der Waals surface area contributed by atoms with Crippen LogP contribution in [0.3, 0.4) is 0 Å². The molecule has 0 saturated carbocycles. The Morgan fingerprint density at radius 2 is 1.14 bits per heavy atom. The van der Waals surface area contributed by atoms with Gasteiger partial charge >= 0.3 is 11.9 Å². The first kappa shape index (κ1) is 19.3. The number of hydrogen-bond acceptors (Lipinski definition) is 6. The summed E-state index contributed by atoms with van der Waals surface area (Å²) in [5.74, 6) is -1.14.